The number of hydrogen-bond acceptors (Lipinski definition) is 5. The smallest absolute Gasteiger partial charge is 0.392 e. The number of nitro benzene ring substituents is 1. The maximum Gasteiger partial charge on any atom is 0.418 e. The normalized spacial score (nSPS) is 14.7. The number of nitro groups is 1. The molecule has 0 aliphatic heterocycles. The Hall–Kier alpha value is -1.87. The number of benzene rings is 1. The molecule has 4 N–H and O–H groups in total. The summed E-state index contributed by atoms with van der Waals surface area (Å²) in [5.74, 6) is 0. The molecule has 20 heavy (non-hydrogen) atoms. The molecular weight excluding hydrogens is 279 g/mol. The molecule has 0 heterocycles. The number of alkyl halides is 3. The van der Waals surface area contributed by atoms with Crippen molar-refractivity contribution in [3.63, 3.8) is 0 Å². The molecule has 0 saturated carbocycles. The van der Waals surface area contributed by atoms with E-state index in [0.717, 1.165) is 12.1 Å². The van der Waals surface area contributed by atoms with Crippen molar-refractivity contribution in [3.05, 3.63) is 33.9 Å². The summed E-state index contributed by atoms with van der Waals surface area (Å²) in [6.45, 7) is 1.31. The van der Waals surface area contributed by atoms with Crippen LogP contribution in [0.5, 0.6) is 0 Å². The summed E-state index contributed by atoms with van der Waals surface area (Å²) >= 11 is 0. The first-order chi connectivity index (χ1) is 9.12. The number of hydrogen-bond donors (Lipinski definition) is 3. The lowest BCUT2D eigenvalue weighted by molar-refractivity contribution is -0.385. The maximum atomic E-state index is 12.8. The SMILES string of the molecule is CC(O)C(N)CNc1ccc([N+](=O)[O-])cc1C(F)(F)F. The van der Waals surface area contributed by atoms with E-state index in [1.54, 1.807) is 0 Å². The van der Waals surface area contributed by atoms with Crippen molar-refractivity contribution in [1.29, 1.82) is 0 Å². The summed E-state index contributed by atoms with van der Waals surface area (Å²) in [4.78, 5) is 9.61. The van der Waals surface area contributed by atoms with Gasteiger partial charge in [-0.25, -0.2) is 0 Å². The molecule has 112 valence electrons. The zero-order valence-corrected chi connectivity index (χ0v) is 10.5. The summed E-state index contributed by atoms with van der Waals surface area (Å²) in [7, 11) is 0. The van der Waals surface area contributed by atoms with Crippen molar-refractivity contribution < 1.29 is 23.2 Å². The molecule has 0 spiro atoms. The molecule has 0 bridgehead atoms. The van der Waals surface area contributed by atoms with E-state index in [9.17, 15) is 23.3 Å². The van der Waals surface area contributed by atoms with E-state index >= 15 is 0 Å². The maximum absolute atomic E-state index is 12.8. The lowest BCUT2D eigenvalue weighted by atomic mass is 10.1. The molecule has 0 aromatic heterocycles. The van der Waals surface area contributed by atoms with E-state index in [4.69, 9.17) is 10.8 Å². The van der Waals surface area contributed by atoms with Crippen LogP contribution in [0.2, 0.25) is 0 Å². The van der Waals surface area contributed by atoms with Crippen molar-refractivity contribution in [2.45, 2.75) is 25.2 Å². The molecule has 1 rings (SSSR count). The standard InChI is InChI=1S/C11H14F3N3O3/c1-6(18)9(15)5-16-10-3-2-7(17(19)20)4-8(10)11(12,13)14/h2-4,6,9,16,18H,5,15H2,1H3. The van der Waals surface area contributed by atoms with Gasteiger partial charge in [0.15, 0.2) is 0 Å². The van der Waals surface area contributed by atoms with Gasteiger partial charge in [0.25, 0.3) is 5.69 Å². The molecular formula is C11H14F3N3O3. The fraction of sp³-hybridized carbons (Fsp3) is 0.455. The fourth-order valence-electron chi connectivity index (χ4n) is 1.43. The molecule has 0 aliphatic rings. The van der Waals surface area contributed by atoms with E-state index in [1.807, 2.05) is 0 Å². The number of aliphatic hydroxyl groups excluding tert-OH is 1. The monoisotopic (exact) mass is 293 g/mol. The van der Waals surface area contributed by atoms with Crippen molar-refractivity contribution in [3.8, 4) is 0 Å². The first-order valence-electron chi connectivity index (χ1n) is 5.66. The van der Waals surface area contributed by atoms with Crippen molar-refractivity contribution in [1.82, 2.24) is 0 Å². The van der Waals surface area contributed by atoms with Crippen molar-refractivity contribution in [2.75, 3.05) is 11.9 Å². The molecule has 1 aromatic carbocycles. The van der Waals surface area contributed by atoms with Gasteiger partial charge in [-0.15, -0.1) is 0 Å². The van der Waals surface area contributed by atoms with E-state index in [2.05, 4.69) is 5.32 Å². The van der Waals surface area contributed by atoms with Crippen molar-refractivity contribution in [2.24, 2.45) is 5.73 Å². The lowest BCUT2D eigenvalue weighted by Gasteiger charge is -2.19. The predicted octanol–water partition coefficient (Wildman–Crippen LogP) is 1.73. The number of rotatable bonds is 5. The molecule has 0 radical (unpaired) electrons. The molecule has 0 amide bonds. The highest BCUT2D eigenvalue weighted by molar-refractivity contribution is 5.57. The van der Waals surface area contributed by atoms with Gasteiger partial charge in [-0.2, -0.15) is 13.2 Å². The number of nitrogens with one attached hydrogen (secondary N) is 1. The summed E-state index contributed by atoms with van der Waals surface area (Å²) < 4.78 is 38.5. The summed E-state index contributed by atoms with van der Waals surface area (Å²) in [6.07, 6.45) is -5.63. The van der Waals surface area contributed by atoms with E-state index in [0.29, 0.717) is 6.07 Å². The fourth-order valence-corrected chi connectivity index (χ4v) is 1.43. The second-order valence-electron chi connectivity index (χ2n) is 4.27. The molecule has 2 unspecified atom stereocenters. The highest BCUT2D eigenvalue weighted by Crippen LogP contribution is 2.37. The Morgan fingerprint density at radius 1 is 1.50 bits per heavy atom. The Labute approximate surface area is 112 Å². The molecule has 1 aromatic rings. The summed E-state index contributed by atoms with van der Waals surface area (Å²) in [5, 5.41) is 22.1. The highest BCUT2D eigenvalue weighted by atomic mass is 19.4. The van der Waals surface area contributed by atoms with Crippen LogP contribution in [0.1, 0.15) is 12.5 Å². The Balaban J connectivity index is 3.04. The van der Waals surface area contributed by atoms with E-state index < -0.39 is 34.5 Å². The summed E-state index contributed by atoms with van der Waals surface area (Å²) in [6, 6.07) is 1.63. The first kappa shape index (κ1) is 16.2. The third kappa shape index (κ3) is 4.07. The third-order valence-corrected chi connectivity index (χ3v) is 2.67. The Kier molecular flexibility index (Phi) is 4.90. The average molecular weight is 293 g/mol. The second-order valence-corrected chi connectivity index (χ2v) is 4.27. The number of non-ortho nitro benzene ring substituents is 1. The quantitative estimate of drug-likeness (QED) is 0.567. The van der Waals surface area contributed by atoms with Crippen LogP contribution in [0.25, 0.3) is 0 Å². The van der Waals surface area contributed by atoms with E-state index in [-0.39, 0.29) is 12.2 Å². The molecule has 6 nitrogen and oxygen atoms in total. The molecule has 2 atom stereocenters. The van der Waals surface area contributed by atoms with Gasteiger partial charge < -0.3 is 16.2 Å². The highest BCUT2D eigenvalue weighted by Gasteiger charge is 2.35. The Morgan fingerprint density at radius 3 is 2.55 bits per heavy atom. The third-order valence-electron chi connectivity index (χ3n) is 2.67. The molecule has 0 fully saturated rings. The van der Waals surface area contributed by atoms with Gasteiger partial charge >= 0.3 is 6.18 Å². The van der Waals surface area contributed by atoms with Gasteiger partial charge in [0, 0.05) is 30.4 Å². The van der Waals surface area contributed by atoms with Crippen LogP contribution in [0.4, 0.5) is 24.5 Å². The predicted molar refractivity (Wildman–Crippen MR) is 66.2 cm³/mol. The second kappa shape index (κ2) is 6.06. The summed E-state index contributed by atoms with van der Waals surface area (Å²) in [5.41, 5.74) is 3.38. The topological polar surface area (TPSA) is 101 Å². The Morgan fingerprint density at radius 2 is 2.10 bits per heavy atom. The minimum atomic E-state index is -4.73. The molecule has 9 heteroatoms. The van der Waals surface area contributed by atoms with Crippen LogP contribution in [0.15, 0.2) is 18.2 Å². The Bertz CT molecular complexity index is 492. The average Bonchev–Trinajstić information content (AvgIpc) is 2.34. The van der Waals surface area contributed by atoms with Crippen LogP contribution in [0, 0.1) is 10.1 Å². The largest absolute Gasteiger partial charge is 0.418 e. The van der Waals surface area contributed by atoms with Gasteiger partial charge in [-0.05, 0) is 13.0 Å². The van der Waals surface area contributed by atoms with Gasteiger partial charge in [0.2, 0.25) is 0 Å². The van der Waals surface area contributed by atoms with Gasteiger partial charge in [0.1, 0.15) is 0 Å². The molecule has 0 aliphatic carbocycles. The van der Waals surface area contributed by atoms with Crippen molar-refractivity contribution >= 4 is 11.4 Å². The van der Waals surface area contributed by atoms with Gasteiger partial charge in [0.05, 0.1) is 16.6 Å². The number of aliphatic hydroxyl groups is 1. The minimum Gasteiger partial charge on any atom is -0.392 e. The van der Waals surface area contributed by atoms with Crippen LogP contribution in [-0.4, -0.2) is 28.7 Å². The minimum absolute atomic E-state index is 0.0987. The number of nitrogens with two attached hydrogens (primary N) is 1. The van der Waals surface area contributed by atoms with Crippen LogP contribution >= 0.6 is 0 Å². The zero-order valence-electron chi connectivity index (χ0n) is 10.5. The molecule has 0 saturated heterocycles. The van der Waals surface area contributed by atoms with Crippen LogP contribution in [-0.2, 0) is 6.18 Å². The van der Waals surface area contributed by atoms with Crippen LogP contribution < -0.4 is 11.1 Å². The number of halogens is 3. The van der Waals surface area contributed by atoms with Crippen LogP contribution in [0.3, 0.4) is 0 Å². The number of anilines is 1. The van der Waals surface area contributed by atoms with E-state index in [1.165, 1.54) is 6.92 Å². The number of nitrogens with zero attached hydrogens (tertiary/aromatic N) is 1. The zero-order chi connectivity index (χ0) is 15.5. The van der Waals surface area contributed by atoms with Gasteiger partial charge in [-0.3, -0.25) is 10.1 Å². The lowest BCUT2D eigenvalue weighted by Crippen LogP contribution is -2.39. The van der Waals surface area contributed by atoms with Gasteiger partial charge in [-0.1, -0.05) is 0 Å². The first-order valence-corrected chi connectivity index (χ1v) is 5.66.